The number of esters is 1. The molecule has 0 aromatic carbocycles. The first-order valence-corrected chi connectivity index (χ1v) is 6.94. The molecule has 1 N–H and O–H groups in total. The maximum Gasteiger partial charge on any atom is 0.310 e. The first kappa shape index (κ1) is 14.8. The molecule has 0 bridgehead atoms. The molecule has 0 saturated carbocycles. The largest absolute Gasteiger partial charge is 0.466 e. The predicted molar refractivity (Wildman–Crippen MR) is 68.7 cm³/mol. The van der Waals surface area contributed by atoms with Gasteiger partial charge in [-0.1, -0.05) is 0 Å². The maximum absolute atomic E-state index is 12.3. The van der Waals surface area contributed by atoms with E-state index in [4.69, 9.17) is 9.47 Å². The molecule has 112 valence electrons. The summed E-state index contributed by atoms with van der Waals surface area (Å²) in [7, 11) is 0. The number of hydrogen-bond donors (Lipinski definition) is 1. The van der Waals surface area contributed by atoms with Crippen molar-refractivity contribution in [3.63, 3.8) is 0 Å². The van der Waals surface area contributed by atoms with Gasteiger partial charge in [0.1, 0.15) is 12.6 Å². The van der Waals surface area contributed by atoms with Gasteiger partial charge in [-0.15, -0.1) is 0 Å². The average molecular weight is 284 g/mol. The molecule has 0 aromatic rings. The fourth-order valence-corrected chi connectivity index (χ4v) is 2.53. The van der Waals surface area contributed by atoms with Crippen molar-refractivity contribution < 1.29 is 23.9 Å². The molecular weight excluding hydrogens is 264 g/mol. The molecule has 2 rings (SSSR count). The maximum atomic E-state index is 12.3. The Morgan fingerprint density at radius 3 is 3.00 bits per heavy atom. The lowest BCUT2D eigenvalue weighted by atomic mass is 9.97. The van der Waals surface area contributed by atoms with Gasteiger partial charge >= 0.3 is 5.97 Å². The van der Waals surface area contributed by atoms with E-state index in [1.54, 1.807) is 11.8 Å². The lowest BCUT2D eigenvalue weighted by Gasteiger charge is -2.35. The number of nitrogens with zero attached hydrogens (tertiary/aromatic N) is 1. The van der Waals surface area contributed by atoms with Crippen molar-refractivity contribution in [2.45, 2.75) is 25.8 Å². The third-order valence-corrected chi connectivity index (χ3v) is 3.50. The second kappa shape index (κ2) is 6.69. The zero-order chi connectivity index (χ0) is 14.5. The molecule has 2 amide bonds. The van der Waals surface area contributed by atoms with Gasteiger partial charge in [0.25, 0.3) is 0 Å². The smallest absolute Gasteiger partial charge is 0.310 e. The van der Waals surface area contributed by atoms with E-state index in [0.717, 1.165) is 12.8 Å². The van der Waals surface area contributed by atoms with Crippen molar-refractivity contribution in [2.24, 2.45) is 5.92 Å². The van der Waals surface area contributed by atoms with Crippen LogP contribution in [0.25, 0.3) is 0 Å². The molecule has 2 aliphatic heterocycles. The van der Waals surface area contributed by atoms with Crippen LogP contribution in [0.5, 0.6) is 0 Å². The Morgan fingerprint density at radius 2 is 2.30 bits per heavy atom. The Hall–Kier alpha value is -1.63. The highest BCUT2D eigenvalue weighted by Crippen LogP contribution is 2.19. The molecule has 7 heteroatoms. The molecule has 20 heavy (non-hydrogen) atoms. The van der Waals surface area contributed by atoms with E-state index in [2.05, 4.69) is 5.32 Å². The zero-order valence-electron chi connectivity index (χ0n) is 11.6. The van der Waals surface area contributed by atoms with Crippen LogP contribution in [0.1, 0.15) is 19.8 Å². The summed E-state index contributed by atoms with van der Waals surface area (Å²) >= 11 is 0. The summed E-state index contributed by atoms with van der Waals surface area (Å²) in [5.74, 6) is -0.998. The fourth-order valence-electron chi connectivity index (χ4n) is 2.53. The highest BCUT2D eigenvalue weighted by Gasteiger charge is 2.34. The first-order valence-electron chi connectivity index (χ1n) is 6.94. The number of amides is 2. The number of rotatable bonds is 3. The Morgan fingerprint density at radius 1 is 1.50 bits per heavy atom. The SMILES string of the molecule is CCOC(=O)C1CCCN(C(=O)C2COCC(=O)N2)C1. The third-order valence-electron chi connectivity index (χ3n) is 3.50. The highest BCUT2D eigenvalue weighted by molar-refractivity contribution is 5.89. The summed E-state index contributed by atoms with van der Waals surface area (Å²) < 4.78 is 10.1. The number of piperidine rings is 1. The number of ether oxygens (including phenoxy) is 2. The summed E-state index contributed by atoms with van der Waals surface area (Å²) in [5.41, 5.74) is 0. The van der Waals surface area contributed by atoms with E-state index in [-0.39, 0.29) is 36.9 Å². The lowest BCUT2D eigenvalue weighted by Crippen LogP contribution is -2.56. The van der Waals surface area contributed by atoms with Gasteiger partial charge in [0.05, 0.1) is 19.1 Å². The second-order valence-electron chi connectivity index (χ2n) is 5.01. The van der Waals surface area contributed by atoms with Crippen molar-refractivity contribution in [2.75, 3.05) is 32.9 Å². The van der Waals surface area contributed by atoms with Crippen LogP contribution in [-0.4, -0.2) is 61.6 Å². The van der Waals surface area contributed by atoms with Gasteiger partial charge < -0.3 is 19.7 Å². The van der Waals surface area contributed by atoms with Crippen molar-refractivity contribution in [3.05, 3.63) is 0 Å². The van der Waals surface area contributed by atoms with Crippen molar-refractivity contribution in [1.82, 2.24) is 10.2 Å². The van der Waals surface area contributed by atoms with Crippen LogP contribution in [0.4, 0.5) is 0 Å². The molecule has 2 heterocycles. The second-order valence-corrected chi connectivity index (χ2v) is 5.01. The van der Waals surface area contributed by atoms with Gasteiger partial charge in [-0.3, -0.25) is 14.4 Å². The third kappa shape index (κ3) is 3.47. The van der Waals surface area contributed by atoms with Gasteiger partial charge in [-0.25, -0.2) is 0 Å². The van der Waals surface area contributed by atoms with E-state index in [1.165, 1.54) is 0 Å². The molecule has 0 radical (unpaired) electrons. The molecule has 7 nitrogen and oxygen atoms in total. The average Bonchev–Trinajstić information content (AvgIpc) is 2.47. The highest BCUT2D eigenvalue weighted by atomic mass is 16.5. The Kier molecular flexibility index (Phi) is 4.94. The normalized spacial score (nSPS) is 26.9. The minimum atomic E-state index is -0.641. The number of likely N-dealkylation sites (tertiary alicyclic amines) is 1. The number of carbonyl (C=O) groups excluding carboxylic acids is 3. The van der Waals surface area contributed by atoms with Crippen molar-refractivity contribution >= 4 is 17.8 Å². The Labute approximate surface area is 117 Å². The van der Waals surface area contributed by atoms with E-state index in [0.29, 0.717) is 19.7 Å². The van der Waals surface area contributed by atoms with Crippen LogP contribution in [0.15, 0.2) is 0 Å². The number of carbonyl (C=O) groups is 3. The lowest BCUT2D eigenvalue weighted by molar-refractivity contribution is -0.153. The van der Waals surface area contributed by atoms with Gasteiger partial charge in [-0.05, 0) is 19.8 Å². The van der Waals surface area contributed by atoms with Crippen LogP contribution in [0, 0.1) is 5.92 Å². The van der Waals surface area contributed by atoms with Gasteiger partial charge in [0.2, 0.25) is 11.8 Å². The summed E-state index contributed by atoms with van der Waals surface area (Å²) in [6.45, 7) is 3.24. The molecule has 2 unspecified atom stereocenters. The molecule has 2 atom stereocenters. The fraction of sp³-hybridized carbons (Fsp3) is 0.769. The van der Waals surface area contributed by atoms with Crippen LogP contribution in [0.3, 0.4) is 0 Å². The quantitative estimate of drug-likeness (QED) is 0.693. The molecule has 0 spiro atoms. The number of morpholine rings is 1. The molecule has 2 fully saturated rings. The number of nitrogens with one attached hydrogen (secondary N) is 1. The topological polar surface area (TPSA) is 84.9 Å². The first-order chi connectivity index (χ1) is 9.61. The van der Waals surface area contributed by atoms with Gasteiger partial charge in [-0.2, -0.15) is 0 Å². The zero-order valence-corrected chi connectivity index (χ0v) is 11.6. The summed E-state index contributed by atoms with van der Waals surface area (Å²) in [6.07, 6.45) is 1.49. The minimum absolute atomic E-state index is 0.00473. The summed E-state index contributed by atoms with van der Waals surface area (Å²) in [5, 5.41) is 2.61. The van der Waals surface area contributed by atoms with Crippen LogP contribution in [-0.2, 0) is 23.9 Å². The molecule has 2 saturated heterocycles. The standard InChI is InChI=1S/C13H20N2O5/c1-2-20-13(18)9-4-3-5-15(6-9)12(17)10-7-19-8-11(16)14-10/h9-10H,2-8H2,1H3,(H,14,16). The summed E-state index contributed by atoms with van der Waals surface area (Å²) in [4.78, 5) is 36.9. The van der Waals surface area contributed by atoms with E-state index < -0.39 is 6.04 Å². The van der Waals surface area contributed by atoms with Crippen molar-refractivity contribution in [3.8, 4) is 0 Å². The molecular formula is C13H20N2O5. The van der Waals surface area contributed by atoms with Crippen molar-refractivity contribution in [1.29, 1.82) is 0 Å². The Balaban J connectivity index is 1.92. The van der Waals surface area contributed by atoms with Gasteiger partial charge in [0, 0.05) is 13.1 Å². The van der Waals surface area contributed by atoms with Crippen LogP contribution >= 0.6 is 0 Å². The Bertz CT molecular complexity index is 398. The van der Waals surface area contributed by atoms with Gasteiger partial charge in [0.15, 0.2) is 0 Å². The predicted octanol–water partition coefficient (Wildman–Crippen LogP) is -0.697. The minimum Gasteiger partial charge on any atom is -0.466 e. The molecule has 2 aliphatic rings. The summed E-state index contributed by atoms with van der Waals surface area (Å²) in [6, 6.07) is -0.641. The van der Waals surface area contributed by atoms with Crippen LogP contribution in [0.2, 0.25) is 0 Å². The monoisotopic (exact) mass is 284 g/mol. The van der Waals surface area contributed by atoms with E-state index in [1.807, 2.05) is 0 Å². The number of hydrogen-bond acceptors (Lipinski definition) is 5. The molecule has 0 aromatic heterocycles. The van der Waals surface area contributed by atoms with E-state index in [9.17, 15) is 14.4 Å². The molecule has 0 aliphatic carbocycles. The van der Waals surface area contributed by atoms with Crippen LogP contribution < -0.4 is 5.32 Å². The van der Waals surface area contributed by atoms with E-state index >= 15 is 0 Å².